The molecule has 2 nitrogen and oxygen atoms in total. The van der Waals surface area contributed by atoms with E-state index >= 15 is 0 Å². The number of rotatable bonds is 4. The van der Waals surface area contributed by atoms with Gasteiger partial charge in [0.15, 0.2) is 5.78 Å². The van der Waals surface area contributed by atoms with Gasteiger partial charge in [-0.1, -0.05) is 45.6 Å². The number of unbranched alkanes of at least 4 members (excludes halogenated alkanes) is 2. The van der Waals surface area contributed by atoms with E-state index in [0.29, 0.717) is 11.7 Å². The fourth-order valence-electron chi connectivity index (χ4n) is 7.75. The van der Waals surface area contributed by atoms with Gasteiger partial charge < -0.3 is 5.11 Å². The molecule has 0 aliphatic heterocycles. The molecule has 1 unspecified atom stereocenters. The minimum absolute atomic E-state index is 0.115. The molecule has 0 radical (unpaired) electrons. The van der Waals surface area contributed by atoms with Crippen molar-refractivity contribution in [3.05, 3.63) is 11.6 Å². The number of hydrogen-bond donors (Lipinski definition) is 1. The number of hydrogen-bond acceptors (Lipinski definition) is 2. The van der Waals surface area contributed by atoms with Gasteiger partial charge in [-0.15, -0.1) is 0 Å². The number of aliphatic hydroxyl groups is 1. The molecule has 3 saturated carbocycles. The molecule has 4 aliphatic carbocycles. The van der Waals surface area contributed by atoms with Crippen LogP contribution in [0, 0.1) is 28.6 Å². The zero-order chi connectivity index (χ0) is 18.6. The van der Waals surface area contributed by atoms with E-state index in [0.717, 1.165) is 43.9 Å². The van der Waals surface area contributed by atoms with E-state index in [9.17, 15) is 9.90 Å². The van der Waals surface area contributed by atoms with Crippen molar-refractivity contribution in [3.63, 3.8) is 0 Å². The molecule has 1 N–H and O–H groups in total. The number of carbonyl (C=O) groups excluding carboxylic acids is 1. The highest BCUT2D eigenvalue weighted by molar-refractivity contribution is 5.91. The topological polar surface area (TPSA) is 37.3 Å². The average molecular weight is 359 g/mol. The molecule has 0 bridgehead atoms. The molecule has 146 valence electrons. The normalized spacial score (nSPS) is 47.8. The fraction of sp³-hybridized carbons (Fsp3) is 0.875. The lowest BCUT2D eigenvalue weighted by molar-refractivity contribution is -0.133. The van der Waals surface area contributed by atoms with Crippen LogP contribution in [0.1, 0.15) is 97.8 Å². The molecule has 26 heavy (non-hydrogen) atoms. The minimum atomic E-state index is -0.433. The first-order valence-corrected chi connectivity index (χ1v) is 11.3. The summed E-state index contributed by atoms with van der Waals surface area (Å²) in [5.41, 5.74) is 1.39. The Balaban J connectivity index is 1.58. The summed E-state index contributed by atoms with van der Waals surface area (Å²) < 4.78 is 0. The zero-order valence-corrected chi connectivity index (χ0v) is 17.2. The molecule has 4 rings (SSSR count). The lowest BCUT2D eigenvalue weighted by Crippen LogP contribution is -2.54. The summed E-state index contributed by atoms with van der Waals surface area (Å²) in [5.74, 6) is 2.52. The largest absolute Gasteiger partial charge is 0.389 e. The van der Waals surface area contributed by atoms with Crippen molar-refractivity contribution in [3.8, 4) is 0 Å². The highest BCUT2D eigenvalue weighted by Gasteiger charge is 2.63. The van der Waals surface area contributed by atoms with Crippen molar-refractivity contribution < 1.29 is 9.90 Å². The third-order valence-corrected chi connectivity index (χ3v) is 9.48. The summed E-state index contributed by atoms with van der Waals surface area (Å²) in [7, 11) is 0. The van der Waals surface area contributed by atoms with Crippen LogP contribution < -0.4 is 0 Å². The van der Waals surface area contributed by atoms with Crippen LogP contribution in [0.4, 0.5) is 0 Å². The molecule has 3 fully saturated rings. The molecule has 0 amide bonds. The molecule has 0 aromatic carbocycles. The Morgan fingerprint density at radius 1 is 1.04 bits per heavy atom. The number of fused-ring (bicyclic) bond motifs is 5. The Bertz CT molecular complexity index is 607. The summed E-state index contributed by atoms with van der Waals surface area (Å²) in [4.78, 5) is 12.0. The number of allylic oxidation sites excluding steroid dienone is 1. The second kappa shape index (κ2) is 6.47. The van der Waals surface area contributed by atoms with Crippen LogP contribution in [0.2, 0.25) is 0 Å². The van der Waals surface area contributed by atoms with E-state index in [2.05, 4.69) is 20.8 Å². The van der Waals surface area contributed by atoms with Gasteiger partial charge in [0, 0.05) is 6.42 Å². The maximum atomic E-state index is 12.0. The van der Waals surface area contributed by atoms with Crippen LogP contribution >= 0.6 is 0 Å². The van der Waals surface area contributed by atoms with Crippen LogP contribution in [0.25, 0.3) is 0 Å². The van der Waals surface area contributed by atoms with Gasteiger partial charge in [0.1, 0.15) is 0 Å². The summed E-state index contributed by atoms with van der Waals surface area (Å²) >= 11 is 0. The van der Waals surface area contributed by atoms with E-state index in [4.69, 9.17) is 0 Å². The SMILES string of the molecule is CCCCCC1(O)CC[C@H]2[C@@H]3CCC4=CC(=O)CC[C@]4(C)[C@@H]3CC[C@@]21C. The fourth-order valence-corrected chi connectivity index (χ4v) is 7.75. The molecule has 0 spiro atoms. The smallest absolute Gasteiger partial charge is 0.155 e. The van der Waals surface area contributed by atoms with Crippen LogP contribution in [0.5, 0.6) is 0 Å². The third kappa shape index (κ3) is 2.58. The van der Waals surface area contributed by atoms with Gasteiger partial charge in [-0.05, 0) is 86.0 Å². The Hall–Kier alpha value is -0.630. The summed E-state index contributed by atoms with van der Waals surface area (Å²) in [6, 6.07) is 0. The monoisotopic (exact) mass is 358 g/mol. The van der Waals surface area contributed by atoms with Gasteiger partial charge >= 0.3 is 0 Å². The van der Waals surface area contributed by atoms with Gasteiger partial charge in [-0.2, -0.15) is 0 Å². The quantitative estimate of drug-likeness (QED) is 0.642. The van der Waals surface area contributed by atoms with Crippen molar-refractivity contribution in [2.45, 2.75) is 103 Å². The Kier molecular flexibility index (Phi) is 4.66. The lowest BCUT2D eigenvalue weighted by Gasteiger charge is -2.59. The van der Waals surface area contributed by atoms with Crippen molar-refractivity contribution >= 4 is 5.78 Å². The minimum Gasteiger partial charge on any atom is -0.389 e. The summed E-state index contributed by atoms with van der Waals surface area (Å²) in [6.07, 6.45) is 15.5. The highest BCUT2D eigenvalue weighted by atomic mass is 16.3. The van der Waals surface area contributed by atoms with E-state index in [1.165, 1.54) is 50.5 Å². The van der Waals surface area contributed by atoms with E-state index < -0.39 is 5.60 Å². The Labute approximate surface area is 159 Å². The Morgan fingerprint density at radius 2 is 1.81 bits per heavy atom. The second-order valence-corrected chi connectivity index (χ2v) is 10.5. The van der Waals surface area contributed by atoms with Crippen LogP contribution in [0.3, 0.4) is 0 Å². The molecular formula is C24H38O2. The predicted molar refractivity (Wildman–Crippen MR) is 106 cm³/mol. The first-order valence-electron chi connectivity index (χ1n) is 11.3. The van der Waals surface area contributed by atoms with Crippen molar-refractivity contribution in [1.82, 2.24) is 0 Å². The van der Waals surface area contributed by atoms with Gasteiger partial charge in [-0.3, -0.25) is 4.79 Å². The van der Waals surface area contributed by atoms with Gasteiger partial charge in [-0.25, -0.2) is 0 Å². The van der Waals surface area contributed by atoms with E-state index in [1.54, 1.807) is 0 Å². The van der Waals surface area contributed by atoms with E-state index in [1.807, 2.05) is 6.08 Å². The average Bonchev–Trinajstić information content (AvgIpc) is 2.87. The summed E-state index contributed by atoms with van der Waals surface area (Å²) in [6.45, 7) is 7.12. The maximum absolute atomic E-state index is 12.0. The number of carbonyl (C=O) groups is 1. The van der Waals surface area contributed by atoms with Crippen LogP contribution in [-0.2, 0) is 4.79 Å². The molecule has 0 aromatic rings. The molecular weight excluding hydrogens is 320 g/mol. The summed E-state index contributed by atoms with van der Waals surface area (Å²) in [5, 5.41) is 11.6. The predicted octanol–water partition coefficient (Wildman–Crippen LogP) is 5.83. The molecule has 0 aromatic heterocycles. The number of ketones is 1. The van der Waals surface area contributed by atoms with Gasteiger partial charge in [0.2, 0.25) is 0 Å². The van der Waals surface area contributed by atoms with Crippen LogP contribution in [0.15, 0.2) is 11.6 Å². The zero-order valence-electron chi connectivity index (χ0n) is 17.2. The first kappa shape index (κ1) is 18.7. The standard InChI is InChI=1S/C24H38O2/c1-4-5-6-12-24(26)15-11-21-19-8-7-17-16-18(25)9-13-22(17,2)20(19)10-14-23(21,24)3/h16,19-21,26H,4-15H2,1-3H3/t19-,20-,21+,22+,23+,24?/m1/s1. The molecule has 4 aliphatic rings. The van der Waals surface area contributed by atoms with Crippen molar-refractivity contribution in [2.24, 2.45) is 28.6 Å². The van der Waals surface area contributed by atoms with Gasteiger partial charge in [0.25, 0.3) is 0 Å². The third-order valence-electron chi connectivity index (χ3n) is 9.48. The molecule has 0 heterocycles. The molecule has 6 atom stereocenters. The maximum Gasteiger partial charge on any atom is 0.155 e. The van der Waals surface area contributed by atoms with E-state index in [-0.39, 0.29) is 10.8 Å². The van der Waals surface area contributed by atoms with Crippen molar-refractivity contribution in [1.29, 1.82) is 0 Å². The first-order chi connectivity index (χ1) is 12.3. The van der Waals surface area contributed by atoms with Gasteiger partial charge in [0.05, 0.1) is 5.60 Å². The molecule has 0 saturated heterocycles. The van der Waals surface area contributed by atoms with Crippen LogP contribution in [-0.4, -0.2) is 16.5 Å². The lowest BCUT2D eigenvalue weighted by atomic mass is 9.46. The van der Waals surface area contributed by atoms with Crippen molar-refractivity contribution in [2.75, 3.05) is 0 Å². The second-order valence-electron chi connectivity index (χ2n) is 10.5. The molecule has 2 heteroatoms. The Morgan fingerprint density at radius 3 is 2.58 bits per heavy atom. The highest BCUT2D eigenvalue weighted by Crippen LogP contribution is 2.68.